The third kappa shape index (κ3) is 1.81. The van der Waals surface area contributed by atoms with E-state index >= 15 is 0 Å². The summed E-state index contributed by atoms with van der Waals surface area (Å²) in [6.07, 6.45) is 5.95. The van der Waals surface area contributed by atoms with Crippen LogP contribution in [0.25, 0.3) is 0 Å². The third-order valence-corrected chi connectivity index (χ3v) is 5.92. The fraction of sp³-hybridized carbons (Fsp3) is 0.611. The molecule has 2 heteroatoms. The highest BCUT2D eigenvalue weighted by molar-refractivity contribution is 5.81. The Kier molecular flexibility index (Phi) is 2.70. The van der Waals surface area contributed by atoms with Crippen molar-refractivity contribution in [2.45, 2.75) is 44.4 Å². The van der Waals surface area contributed by atoms with Crippen LogP contribution in [-0.4, -0.2) is 23.9 Å². The molecule has 1 aliphatic heterocycles. The fourth-order valence-electron chi connectivity index (χ4n) is 4.34. The molecule has 2 aliphatic carbocycles. The maximum Gasteiger partial charge on any atom is 0.225 e. The van der Waals surface area contributed by atoms with Crippen molar-refractivity contribution in [2.24, 2.45) is 11.8 Å². The molecule has 0 N–H and O–H groups in total. The molecule has 4 rings (SSSR count). The van der Waals surface area contributed by atoms with Gasteiger partial charge in [-0.05, 0) is 54.6 Å². The quantitative estimate of drug-likeness (QED) is 0.767. The summed E-state index contributed by atoms with van der Waals surface area (Å²) in [4.78, 5) is 14.5. The zero-order chi connectivity index (χ0) is 13.7. The Morgan fingerprint density at radius 2 is 1.90 bits per heavy atom. The number of aryl methyl sites for hydroxylation is 1. The molecule has 20 heavy (non-hydrogen) atoms. The lowest BCUT2D eigenvalue weighted by Gasteiger charge is -2.40. The minimum absolute atomic E-state index is 0.347. The van der Waals surface area contributed by atoms with Crippen molar-refractivity contribution in [1.82, 2.24) is 4.90 Å². The van der Waals surface area contributed by atoms with Crippen LogP contribution in [0.2, 0.25) is 0 Å². The first-order valence-electron chi connectivity index (χ1n) is 8.07. The Labute approximate surface area is 121 Å². The number of carbonyl (C=O) groups is 1. The Bertz CT molecular complexity index is 542. The van der Waals surface area contributed by atoms with E-state index in [1.165, 1.54) is 12.8 Å². The topological polar surface area (TPSA) is 20.3 Å². The number of hydrogen-bond acceptors (Lipinski definition) is 1. The van der Waals surface area contributed by atoms with E-state index < -0.39 is 0 Å². The minimum Gasteiger partial charge on any atom is -0.342 e. The highest BCUT2D eigenvalue weighted by atomic mass is 16.2. The summed E-state index contributed by atoms with van der Waals surface area (Å²) < 4.78 is 0. The molecule has 1 aromatic rings. The van der Waals surface area contributed by atoms with E-state index in [2.05, 4.69) is 36.1 Å². The third-order valence-electron chi connectivity index (χ3n) is 5.92. The summed E-state index contributed by atoms with van der Waals surface area (Å²) in [5.41, 5.74) is 3.50. The molecule has 2 nitrogen and oxygen atoms in total. The van der Waals surface area contributed by atoms with Crippen molar-refractivity contribution >= 4 is 5.91 Å². The first kappa shape index (κ1) is 12.4. The van der Waals surface area contributed by atoms with Crippen LogP contribution in [0, 0.1) is 11.8 Å². The van der Waals surface area contributed by atoms with Crippen molar-refractivity contribution in [1.29, 1.82) is 0 Å². The lowest BCUT2D eigenvalue weighted by molar-refractivity contribution is -0.134. The number of rotatable bonds is 1. The van der Waals surface area contributed by atoms with Crippen LogP contribution < -0.4 is 0 Å². The summed E-state index contributed by atoms with van der Waals surface area (Å²) >= 11 is 0. The Morgan fingerprint density at radius 1 is 1.20 bits per heavy atom. The van der Waals surface area contributed by atoms with Crippen LogP contribution >= 0.6 is 0 Å². The van der Waals surface area contributed by atoms with Gasteiger partial charge in [-0.3, -0.25) is 4.79 Å². The van der Waals surface area contributed by atoms with Crippen LogP contribution in [0.15, 0.2) is 24.3 Å². The average Bonchev–Trinajstić information content (AvgIpc) is 3.12. The maximum atomic E-state index is 12.3. The number of amides is 1. The van der Waals surface area contributed by atoms with E-state index in [4.69, 9.17) is 0 Å². The first-order valence-corrected chi connectivity index (χ1v) is 8.07. The van der Waals surface area contributed by atoms with Crippen molar-refractivity contribution in [3.8, 4) is 0 Å². The molecule has 1 saturated carbocycles. The fourth-order valence-corrected chi connectivity index (χ4v) is 4.34. The predicted octanol–water partition coefficient (Wildman–Crippen LogP) is 3.15. The monoisotopic (exact) mass is 269 g/mol. The molecule has 1 aromatic carbocycles. The maximum absolute atomic E-state index is 12.3. The second-order valence-electron chi connectivity index (χ2n) is 7.08. The molecule has 1 spiro atoms. The predicted molar refractivity (Wildman–Crippen MR) is 79.5 cm³/mol. The molecule has 0 aromatic heterocycles. The van der Waals surface area contributed by atoms with Crippen LogP contribution in [0.3, 0.4) is 0 Å². The van der Waals surface area contributed by atoms with Gasteiger partial charge in [-0.15, -0.1) is 0 Å². The lowest BCUT2D eigenvalue weighted by Crippen LogP contribution is -2.45. The van der Waals surface area contributed by atoms with E-state index in [0.717, 1.165) is 32.4 Å². The van der Waals surface area contributed by atoms with Crippen LogP contribution in [0.1, 0.15) is 43.7 Å². The molecule has 0 unspecified atom stereocenters. The Balaban J connectivity index is 1.49. The van der Waals surface area contributed by atoms with Gasteiger partial charge in [0.15, 0.2) is 0 Å². The van der Waals surface area contributed by atoms with Gasteiger partial charge in [-0.2, -0.15) is 0 Å². The summed E-state index contributed by atoms with van der Waals surface area (Å²) in [5, 5.41) is 0. The van der Waals surface area contributed by atoms with E-state index in [9.17, 15) is 4.79 Å². The summed E-state index contributed by atoms with van der Waals surface area (Å²) in [7, 11) is 0. The molecular weight excluding hydrogens is 246 g/mol. The second kappa shape index (κ2) is 4.34. The second-order valence-corrected chi connectivity index (χ2v) is 7.08. The van der Waals surface area contributed by atoms with E-state index in [1.54, 1.807) is 11.1 Å². The Morgan fingerprint density at radius 3 is 2.60 bits per heavy atom. The summed E-state index contributed by atoms with van der Waals surface area (Å²) in [5.74, 6) is 1.41. The van der Waals surface area contributed by atoms with Crippen molar-refractivity contribution in [3.63, 3.8) is 0 Å². The number of fused-ring (bicyclic) bond motifs is 2. The summed E-state index contributed by atoms with van der Waals surface area (Å²) in [6.45, 7) is 4.13. The minimum atomic E-state index is 0.347. The molecular formula is C18H23NO. The molecule has 2 fully saturated rings. The smallest absolute Gasteiger partial charge is 0.225 e. The first-order chi connectivity index (χ1) is 9.70. The number of likely N-dealkylation sites (tertiary alicyclic amines) is 1. The number of benzene rings is 1. The molecule has 1 saturated heterocycles. The van der Waals surface area contributed by atoms with Gasteiger partial charge in [0.25, 0.3) is 0 Å². The molecule has 2 atom stereocenters. The van der Waals surface area contributed by atoms with Crippen molar-refractivity contribution in [3.05, 3.63) is 35.4 Å². The number of hydrogen-bond donors (Lipinski definition) is 0. The zero-order valence-corrected chi connectivity index (χ0v) is 12.3. The Hall–Kier alpha value is -1.31. The van der Waals surface area contributed by atoms with Crippen LogP contribution in [0.4, 0.5) is 0 Å². The lowest BCUT2D eigenvalue weighted by atomic mass is 9.74. The van der Waals surface area contributed by atoms with E-state index in [-0.39, 0.29) is 0 Å². The number of carbonyl (C=O) groups excluding carboxylic acids is 1. The molecule has 1 heterocycles. The molecule has 1 amide bonds. The van der Waals surface area contributed by atoms with Gasteiger partial charge in [-0.1, -0.05) is 31.2 Å². The van der Waals surface area contributed by atoms with E-state index in [0.29, 0.717) is 23.2 Å². The van der Waals surface area contributed by atoms with Crippen molar-refractivity contribution < 1.29 is 4.79 Å². The largest absolute Gasteiger partial charge is 0.342 e. The SMILES string of the molecule is C[C@H]1C[C@H]1C(=O)N1CCC2(CCc3ccccc32)CC1. The highest BCUT2D eigenvalue weighted by Gasteiger charge is 2.45. The molecule has 3 aliphatic rings. The van der Waals surface area contributed by atoms with Gasteiger partial charge in [0.05, 0.1) is 0 Å². The molecule has 0 radical (unpaired) electrons. The molecule has 0 bridgehead atoms. The summed E-state index contributed by atoms with van der Waals surface area (Å²) in [6, 6.07) is 8.94. The van der Waals surface area contributed by atoms with Gasteiger partial charge in [0.2, 0.25) is 5.91 Å². The average molecular weight is 269 g/mol. The zero-order valence-electron chi connectivity index (χ0n) is 12.3. The standard InChI is InChI=1S/C18H23NO/c1-13-12-15(13)17(20)19-10-8-18(9-11-19)7-6-14-4-2-3-5-16(14)18/h2-5,13,15H,6-12H2,1H3/t13-,15+/m0/s1. The van der Waals surface area contributed by atoms with Crippen LogP contribution in [-0.2, 0) is 16.6 Å². The van der Waals surface area contributed by atoms with E-state index in [1.807, 2.05) is 0 Å². The van der Waals surface area contributed by atoms with Gasteiger partial charge < -0.3 is 4.90 Å². The molecule has 106 valence electrons. The van der Waals surface area contributed by atoms with Gasteiger partial charge in [0, 0.05) is 19.0 Å². The normalized spacial score (nSPS) is 30.4. The van der Waals surface area contributed by atoms with Gasteiger partial charge in [0.1, 0.15) is 0 Å². The highest BCUT2D eigenvalue weighted by Crippen LogP contribution is 2.47. The van der Waals surface area contributed by atoms with Gasteiger partial charge >= 0.3 is 0 Å². The van der Waals surface area contributed by atoms with Crippen LogP contribution in [0.5, 0.6) is 0 Å². The number of piperidine rings is 1. The van der Waals surface area contributed by atoms with Crippen molar-refractivity contribution in [2.75, 3.05) is 13.1 Å². The number of nitrogens with zero attached hydrogens (tertiary/aromatic N) is 1. The van der Waals surface area contributed by atoms with Gasteiger partial charge in [-0.25, -0.2) is 0 Å².